The molecule has 0 saturated carbocycles. The first kappa shape index (κ1) is 14.2. The van der Waals surface area contributed by atoms with Crippen molar-refractivity contribution < 1.29 is 0 Å². The maximum absolute atomic E-state index is 5.75. The highest BCUT2D eigenvalue weighted by Gasteiger charge is 2.21. The monoisotopic (exact) mass is 234 g/mol. The summed E-state index contributed by atoms with van der Waals surface area (Å²) < 4.78 is 0. The zero-order valence-electron chi connectivity index (χ0n) is 11.4. The lowest BCUT2D eigenvalue weighted by Gasteiger charge is -2.35. The van der Waals surface area contributed by atoms with Crippen LogP contribution in [0.1, 0.15) is 45.2 Å². The molecular formula is C15H26N2. The minimum atomic E-state index is 0.449. The molecule has 96 valence electrons. The summed E-state index contributed by atoms with van der Waals surface area (Å²) >= 11 is 0. The molecule has 0 aromatic heterocycles. The van der Waals surface area contributed by atoms with Crippen molar-refractivity contribution in [1.82, 2.24) is 4.90 Å². The zero-order chi connectivity index (χ0) is 12.7. The maximum atomic E-state index is 5.75. The summed E-state index contributed by atoms with van der Waals surface area (Å²) in [6.07, 6.45) is 2.38. The Bertz CT molecular complexity index is 293. The largest absolute Gasteiger partial charge is 0.329 e. The average Bonchev–Trinajstić information content (AvgIpc) is 2.39. The van der Waals surface area contributed by atoms with Crippen molar-refractivity contribution in [2.24, 2.45) is 5.73 Å². The summed E-state index contributed by atoms with van der Waals surface area (Å²) in [4.78, 5) is 2.54. The number of benzene rings is 1. The molecule has 1 unspecified atom stereocenters. The lowest BCUT2D eigenvalue weighted by atomic mass is 10.0. The van der Waals surface area contributed by atoms with Crippen molar-refractivity contribution in [1.29, 1.82) is 0 Å². The molecule has 2 heteroatoms. The van der Waals surface area contributed by atoms with Crippen LogP contribution < -0.4 is 5.73 Å². The second-order valence-electron chi connectivity index (χ2n) is 4.58. The minimum absolute atomic E-state index is 0.449. The van der Waals surface area contributed by atoms with Crippen molar-refractivity contribution in [3.63, 3.8) is 0 Å². The standard InChI is InChI=1S/C15H26N2/c1-4-15(5-2)17(12-11-16)13(3)14-9-7-6-8-10-14/h6-10,13,15H,4-5,11-12,16H2,1-3H3. The molecule has 0 bridgehead atoms. The van der Waals surface area contributed by atoms with Gasteiger partial charge in [-0.15, -0.1) is 0 Å². The molecule has 1 aromatic rings. The molecular weight excluding hydrogens is 208 g/mol. The number of hydrogen-bond donors (Lipinski definition) is 1. The van der Waals surface area contributed by atoms with Gasteiger partial charge in [-0.05, 0) is 25.3 Å². The van der Waals surface area contributed by atoms with Gasteiger partial charge in [-0.25, -0.2) is 0 Å². The smallest absolute Gasteiger partial charge is 0.0323 e. The van der Waals surface area contributed by atoms with E-state index in [-0.39, 0.29) is 0 Å². The molecule has 1 aromatic carbocycles. The Kier molecular flexibility index (Phi) is 6.23. The Hall–Kier alpha value is -0.860. The summed E-state index contributed by atoms with van der Waals surface area (Å²) in [5.74, 6) is 0. The van der Waals surface area contributed by atoms with Gasteiger partial charge in [-0.3, -0.25) is 4.90 Å². The normalized spacial score (nSPS) is 13.3. The quantitative estimate of drug-likeness (QED) is 0.785. The van der Waals surface area contributed by atoms with Crippen LogP contribution in [0.5, 0.6) is 0 Å². The van der Waals surface area contributed by atoms with E-state index in [1.807, 2.05) is 0 Å². The molecule has 0 amide bonds. The van der Waals surface area contributed by atoms with E-state index in [4.69, 9.17) is 5.73 Å². The van der Waals surface area contributed by atoms with Crippen LogP contribution in [0, 0.1) is 0 Å². The number of nitrogens with two attached hydrogens (primary N) is 1. The predicted molar refractivity (Wildman–Crippen MR) is 75.0 cm³/mol. The Morgan fingerprint density at radius 2 is 1.71 bits per heavy atom. The first-order valence-electron chi connectivity index (χ1n) is 6.75. The molecule has 2 nitrogen and oxygen atoms in total. The van der Waals surface area contributed by atoms with E-state index >= 15 is 0 Å². The maximum Gasteiger partial charge on any atom is 0.0323 e. The van der Waals surface area contributed by atoms with Crippen molar-refractivity contribution in [3.05, 3.63) is 35.9 Å². The van der Waals surface area contributed by atoms with Crippen molar-refractivity contribution in [2.75, 3.05) is 13.1 Å². The first-order valence-corrected chi connectivity index (χ1v) is 6.75. The number of hydrogen-bond acceptors (Lipinski definition) is 2. The average molecular weight is 234 g/mol. The van der Waals surface area contributed by atoms with E-state index < -0.39 is 0 Å². The Labute approximate surface area is 106 Å². The summed E-state index contributed by atoms with van der Waals surface area (Å²) in [5.41, 5.74) is 7.13. The van der Waals surface area contributed by atoms with Gasteiger partial charge < -0.3 is 5.73 Å². The van der Waals surface area contributed by atoms with Gasteiger partial charge in [0.1, 0.15) is 0 Å². The lowest BCUT2D eigenvalue weighted by molar-refractivity contribution is 0.139. The second-order valence-corrected chi connectivity index (χ2v) is 4.58. The molecule has 0 heterocycles. The lowest BCUT2D eigenvalue weighted by Crippen LogP contribution is -2.40. The molecule has 0 radical (unpaired) electrons. The van der Waals surface area contributed by atoms with Crippen LogP contribution in [-0.2, 0) is 0 Å². The van der Waals surface area contributed by atoms with E-state index in [2.05, 4.69) is 56.0 Å². The summed E-state index contributed by atoms with van der Waals surface area (Å²) in [6.45, 7) is 8.50. The molecule has 0 aliphatic carbocycles. The Morgan fingerprint density at radius 1 is 1.12 bits per heavy atom. The summed E-state index contributed by atoms with van der Waals surface area (Å²) in [5, 5.41) is 0. The molecule has 0 aliphatic heterocycles. The molecule has 17 heavy (non-hydrogen) atoms. The zero-order valence-corrected chi connectivity index (χ0v) is 11.4. The highest BCUT2D eigenvalue weighted by molar-refractivity contribution is 5.18. The van der Waals surface area contributed by atoms with Crippen LogP contribution >= 0.6 is 0 Å². The fraction of sp³-hybridized carbons (Fsp3) is 0.600. The van der Waals surface area contributed by atoms with E-state index in [1.165, 1.54) is 18.4 Å². The van der Waals surface area contributed by atoms with Gasteiger partial charge in [0.05, 0.1) is 0 Å². The predicted octanol–water partition coefficient (Wildman–Crippen LogP) is 3.20. The molecule has 0 aliphatic rings. The van der Waals surface area contributed by atoms with Gasteiger partial charge >= 0.3 is 0 Å². The Morgan fingerprint density at radius 3 is 2.18 bits per heavy atom. The van der Waals surface area contributed by atoms with E-state index in [1.54, 1.807) is 0 Å². The van der Waals surface area contributed by atoms with Crippen LogP contribution in [0.4, 0.5) is 0 Å². The molecule has 1 atom stereocenters. The molecule has 2 N–H and O–H groups in total. The van der Waals surface area contributed by atoms with Crippen molar-refractivity contribution in [3.8, 4) is 0 Å². The summed E-state index contributed by atoms with van der Waals surface area (Å²) in [6, 6.07) is 11.8. The molecule has 0 fully saturated rings. The van der Waals surface area contributed by atoms with Gasteiger partial charge in [-0.2, -0.15) is 0 Å². The van der Waals surface area contributed by atoms with Gasteiger partial charge in [0, 0.05) is 25.2 Å². The van der Waals surface area contributed by atoms with Crippen LogP contribution in [0.15, 0.2) is 30.3 Å². The van der Waals surface area contributed by atoms with E-state index in [0.29, 0.717) is 12.1 Å². The van der Waals surface area contributed by atoms with Crippen molar-refractivity contribution >= 4 is 0 Å². The first-order chi connectivity index (χ1) is 8.24. The van der Waals surface area contributed by atoms with E-state index in [9.17, 15) is 0 Å². The fourth-order valence-corrected chi connectivity index (χ4v) is 2.52. The van der Waals surface area contributed by atoms with E-state index in [0.717, 1.165) is 13.1 Å². The van der Waals surface area contributed by atoms with Crippen LogP contribution in [0.3, 0.4) is 0 Å². The molecule has 0 spiro atoms. The molecule has 1 rings (SSSR count). The number of nitrogens with zero attached hydrogens (tertiary/aromatic N) is 1. The third-order valence-corrected chi connectivity index (χ3v) is 3.58. The fourth-order valence-electron chi connectivity index (χ4n) is 2.52. The van der Waals surface area contributed by atoms with Gasteiger partial charge in [0.15, 0.2) is 0 Å². The highest BCUT2D eigenvalue weighted by Crippen LogP contribution is 2.24. The second kappa shape index (κ2) is 7.46. The minimum Gasteiger partial charge on any atom is -0.329 e. The third-order valence-electron chi connectivity index (χ3n) is 3.58. The molecule has 0 saturated heterocycles. The highest BCUT2D eigenvalue weighted by atomic mass is 15.2. The SMILES string of the molecule is CCC(CC)N(CCN)C(C)c1ccccc1. The van der Waals surface area contributed by atoms with Gasteiger partial charge in [0.25, 0.3) is 0 Å². The van der Waals surface area contributed by atoms with Gasteiger partial charge in [-0.1, -0.05) is 44.2 Å². The Balaban J connectivity index is 2.83. The van der Waals surface area contributed by atoms with Crippen LogP contribution in [0.25, 0.3) is 0 Å². The van der Waals surface area contributed by atoms with Gasteiger partial charge in [0.2, 0.25) is 0 Å². The van der Waals surface area contributed by atoms with Crippen molar-refractivity contribution in [2.45, 2.75) is 45.7 Å². The van der Waals surface area contributed by atoms with Crippen LogP contribution in [-0.4, -0.2) is 24.0 Å². The topological polar surface area (TPSA) is 29.3 Å². The number of rotatable bonds is 7. The summed E-state index contributed by atoms with van der Waals surface area (Å²) in [7, 11) is 0. The van der Waals surface area contributed by atoms with Crippen LogP contribution in [0.2, 0.25) is 0 Å². The third kappa shape index (κ3) is 3.83.